The van der Waals surface area contributed by atoms with E-state index in [0.717, 1.165) is 0 Å². The molecule has 13 heavy (non-hydrogen) atoms. The van der Waals surface area contributed by atoms with E-state index >= 15 is 0 Å². The van der Waals surface area contributed by atoms with E-state index in [1.807, 2.05) is 0 Å². The van der Waals surface area contributed by atoms with E-state index < -0.39 is 5.97 Å². The summed E-state index contributed by atoms with van der Waals surface area (Å²) in [6, 6.07) is 4.55. The summed E-state index contributed by atoms with van der Waals surface area (Å²) in [4.78, 5) is 15.7. The molecule has 3 nitrogen and oxygen atoms in total. The maximum Gasteiger partial charge on any atom is 0.358 e. The molecule has 1 aromatic carbocycles. The lowest BCUT2D eigenvalue weighted by Crippen LogP contribution is -2.15. The van der Waals surface area contributed by atoms with Crippen molar-refractivity contribution in [3.63, 3.8) is 0 Å². The van der Waals surface area contributed by atoms with Gasteiger partial charge in [-0.05, 0) is 18.2 Å². The fourth-order valence-electron chi connectivity index (χ4n) is 0.803. The molecule has 0 aromatic heterocycles. The van der Waals surface area contributed by atoms with Crippen molar-refractivity contribution in [3.05, 3.63) is 33.8 Å². The SMILES string of the molecule is CNOC(=O)c1ccc(Cl)cc1Cl. The van der Waals surface area contributed by atoms with Crippen molar-refractivity contribution < 1.29 is 9.63 Å². The molecule has 1 N–H and O–H groups in total. The Morgan fingerprint density at radius 1 is 1.46 bits per heavy atom. The normalized spacial score (nSPS) is 9.77. The molecule has 0 atom stereocenters. The number of hydrogen-bond donors (Lipinski definition) is 1. The fourth-order valence-corrected chi connectivity index (χ4v) is 1.29. The van der Waals surface area contributed by atoms with Gasteiger partial charge in [-0.15, -0.1) is 0 Å². The average Bonchev–Trinajstić information content (AvgIpc) is 2.04. The van der Waals surface area contributed by atoms with Gasteiger partial charge in [0.05, 0.1) is 10.6 Å². The van der Waals surface area contributed by atoms with Crippen LogP contribution < -0.4 is 5.48 Å². The number of hydrogen-bond acceptors (Lipinski definition) is 3. The van der Waals surface area contributed by atoms with Crippen molar-refractivity contribution >= 4 is 29.2 Å². The molecule has 0 heterocycles. The largest absolute Gasteiger partial charge is 0.367 e. The van der Waals surface area contributed by atoms with Crippen LogP contribution in [0.4, 0.5) is 0 Å². The number of nitrogens with one attached hydrogen (secondary N) is 1. The van der Waals surface area contributed by atoms with Crippen molar-refractivity contribution in [1.29, 1.82) is 0 Å². The Kier molecular flexibility index (Phi) is 3.54. The molecule has 0 amide bonds. The van der Waals surface area contributed by atoms with Gasteiger partial charge in [0.2, 0.25) is 0 Å². The molecule has 0 aliphatic rings. The number of rotatable bonds is 2. The van der Waals surface area contributed by atoms with Crippen molar-refractivity contribution in [2.75, 3.05) is 7.05 Å². The van der Waals surface area contributed by atoms with Gasteiger partial charge in [-0.25, -0.2) is 4.79 Å². The summed E-state index contributed by atoms with van der Waals surface area (Å²) in [6.45, 7) is 0. The first-order valence-electron chi connectivity index (χ1n) is 3.48. The van der Waals surface area contributed by atoms with Crippen molar-refractivity contribution in [2.24, 2.45) is 0 Å². The predicted molar refractivity (Wildman–Crippen MR) is 50.9 cm³/mol. The number of carbonyl (C=O) groups excluding carboxylic acids is 1. The lowest BCUT2D eigenvalue weighted by molar-refractivity contribution is 0.0310. The van der Waals surface area contributed by atoms with Crippen molar-refractivity contribution in [3.8, 4) is 0 Å². The molecule has 0 aliphatic heterocycles. The second-order valence-corrected chi connectivity index (χ2v) is 3.06. The minimum Gasteiger partial charge on any atom is -0.367 e. The molecule has 0 unspecified atom stereocenters. The lowest BCUT2D eigenvalue weighted by atomic mass is 10.2. The van der Waals surface area contributed by atoms with Gasteiger partial charge < -0.3 is 4.84 Å². The van der Waals surface area contributed by atoms with Gasteiger partial charge in [-0.3, -0.25) is 0 Å². The van der Waals surface area contributed by atoms with Crippen LogP contribution in [0.5, 0.6) is 0 Å². The topological polar surface area (TPSA) is 38.3 Å². The molecule has 70 valence electrons. The Bertz CT molecular complexity index is 328. The monoisotopic (exact) mass is 219 g/mol. The Morgan fingerprint density at radius 2 is 2.15 bits per heavy atom. The highest BCUT2D eigenvalue weighted by Gasteiger charge is 2.11. The first-order valence-corrected chi connectivity index (χ1v) is 4.23. The number of hydroxylamine groups is 1. The highest BCUT2D eigenvalue weighted by atomic mass is 35.5. The molecule has 1 aromatic rings. The Labute approximate surface area is 85.5 Å². The van der Waals surface area contributed by atoms with Gasteiger partial charge >= 0.3 is 5.97 Å². The first kappa shape index (κ1) is 10.3. The van der Waals surface area contributed by atoms with E-state index in [2.05, 4.69) is 10.3 Å². The zero-order valence-electron chi connectivity index (χ0n) is 6.80. The molecule has 0 saturated carbocycles. The third kappa shape index (κ3) is 2.59. The summed E-state index contributed by atoms with van der Waals surface area (Å²) < 4.78 is 0. The van der Waals surface area contributed by atoms with Crippen LogP contribution in [0.3, 0.4) is 0 Å². The van der Waals surface area contributed by atoms with Crippen LogP contribution in [0.1, 0.15) is 10.4 Å². The standard InChI is InChI=1S/C8H7Cl2NO2/c1-11-13-8(12)6-3-2-5(9)4-7(6)10/h2-4,11H,1H3. The van der Waals surface area contributed by atoms with E-state index in [9.17, 15) is 4.79 Å². The molecule has 0 fully saturated rings. The zero-order valence-corrected chi connectivity index (χ0v) is 8.32. The minimum absolute atomic E-state index is 0.271. The molecule has 0 radical (unpaired) electrons. The summed E-state index contributed by atoms with van der Waals surface area (Å²) in [6.07, 6.45) is 0. The molecule has 1 rings (SSSR count). The Morgan fingerprint density at radius 3 is 2.69 bits per heavy atom. The molecule has 0 spiro atoms. The Hall–Kier alpha value is -0.770. The molecule has 0 bridgehead atoms. The predicted octanol–water partition coefficient (Wildman–Crippen LogP) is 2.28. The minimum atomic E-state index is -0.538. The highest BCUT2D eigenvalue weighted by Crippen LogP contribution is 2.21. The smallest absolute Gasteiger partial charge is 0.358 e. The summed E-state index contributed by atoms with van der Waals surface area (Å²) in [5, 5.41) is 0.749. The number of halogens is 2. The molecular weight excluding hydrogens is 213 g/mol. The molecule has 0 saturated heterocycles. The summed E-state index contributed by atoms with van der Waals surface area (Å²) >= 11 is 11.4. The second-order valence-electron chi connectivity index (χ2n) is 2.22. The van der Waals surface area contributed by atoms with E-state index in [4.69, 9.17) is 23.2 Å². The third-order valence-corrected chi connectivity index (χ3v) is 1.89. The van der Waals surface area contributed by atoms with Crippen LogP contribution in [0.2, 0.25) is 10.0 Å². The van der Waals surface area contributed by atoms with Gasteiger partial charge in [0, 0.05) is 12.1 Å². The van der Waals surface area contributed by atoms with Crippen molar-refractivity contribution in [1.82, 2.24) is 5.48 Å². The van der Waals surface area contributed by atoms with Gasteiger partial charge in [0.25, 0.3) is 0 Å². The second kappa shape index (κ2) is 4.46. The van der Waals surface area contributed by atoms with Crippen LogP contribution >= 0.6 is 23.2 Å². The van der Waals surface area contributed by atoms with E-state index in [-0.39, 0.29) is 10.6 Å². The highest BCUT2D eigenvalue weighted by molar-refractivity contribution is 6.36. The molecular formula is C8H7Cl2NO2. The van der Waals surface area contributed by atoms with Crippen LogP contribution in [0.15, 0.2) is 18.2 Å². The van der Waals surface area contributed by atoms with Crippen LogP contribution in [-0.2, 0) is 4.84 Å². The van der Waals surface area contributed by atoms with Gasteiger partial charge in [-0.1, -0.05) is 23.2 Å². The van der Waals surface area contributed by atoms with Crippen LogP contribution in [-0.4, -0.2) is 13.0 Å². The number of benzene rings is 1. The van der Waals surface area contributed by atoms with Gasteiger partial charge in [0.15, 0.2) is 0 Å². The lowest BCUT2D eigenvalue weighted by Gasteiger charge is -2.03. The van der Waals surface area contributed by atoms with Gasteiger partial charge in [0.1, 0.15) is 0 Å². The fraction of sp³-hybridized carbons (Fsp3) is 0.125. The Balaban J connectivity index is 2.95. The summed E-state index contributed by atoms with van der Waals surface area (Å²) in [5.41, 5.74) is 2.54. The van der Waals surface area contributed by atoms with E-state index in [0.29, 0.717) is 5.02 Å². The van der Waals surface area contributed by atoms with Crippen LogP contribution in [0, 0.1) is 0 Å². The van der Waals surface area contributed by atoms with E-state index in [1.165, 1.54) is 19.2 Å². The molecule has 0 aliphatic carbocycles. The number of carbonyl (C=O) groups is 1. The van der Waals surface area contributed by atoms with Crippen molar-refractivity contribution in [2.45, 2.75) is 0 Å². The third-order valence-electron chi connectivity index (χ3n) is 1.35. The average molecular weight is 220 g/mol. The van der Waals surface area contributed by atoms with Crippen LogP contribution in [0.25, 0.3) is 0 Å². The maximum absolute atomic E-state index is 11.2. The quantitative estimate of drug-likeness (QED) is 0.777. The summed E-state index contributed by atoms with van der Waals surface area (Å²) in [5.74, 6) is -0.538. The first-order chi connectivity index (χ1) is 6.15. The molecule has 5 heteroatoms. The maximum atomic E-state index is 11.2. The summed E-state index contributed by atoms with van der Waals surface area (Å²) in [7, 11) is 1.49. The van der Waals surface area contributed by atoms with Gasteiger partial charge in [-0.2, -0.15) is 5.48 Å². The van der Waals surface area contributed by atoms with E-state index in [1.54, 1.807) is 6.07 Å². The zero-order chi connectivity index (χ0) is 9.84.